The average molecular weight is 376 g/mol. The van der Waals surface area contributed by atoms with E-state index >= 15 is 0 Å². The molecule has 2 atom stereocenters. The third-order valence-electron chi connectivity index (χ3n) is 4.83. The van der Waals surface area contributed by atoms with Gasteiger partial charge in [-0.25, -0.2) is 0 Å². The van der Waals surface area contributed by atoms with Crippen molar-refractivity contribution in [3.05, 3.63) is 0 Å². The van der Waals surface area contributed by atoms with Crippen molar-refractivity contribution in [3.63, 3.8) is 0 Å². The van der Waals surface area contributed by atoms with Gasteiger partial charge in [0.25, 0.3) is 0 Å². The second kappa shape index (κ2) is 15.4. The van der Waals surface area contributed by atoms with Gasteiger partial charge in [0.15, 0.2) is 0 Å². The lowest BCUT2D eigenvalue weighted by atomic mass is 10.0. The zero-order valence-electron chi connectivity index (χ0n) is 17.1. The predicted molar refractivity (Wildman–Crippen MR) is 102 cm³/mol. The van der Waals surface area contributed by atoms with Gasteiger partial charge in [0.1, 0.15) is 6.10 Å². The SMILES string of the molecule is CCCCCCCCC(CCC[N+](C)(C)CCC(=O)[O-])OCC(O)CO. The Morgan fingerprint density at radius 3 is 2.27 bits per heavy atom. The van der Waals surface area contributed by atoms with E-state index in [0.717, 1.165) is 32.2 Å². The number of unbranched alkanes of at least 4 members (excludes halogenated alkanes) is 5. The summed E-state index contributed by atoms with van der Waals surface area (Å²) < 4.78 is 6.46. The summed E-state index contributed by atoms with van der Waals surface area (Å²) in [5, 5.41) is 29.1. The molecule has 0 amide bonds. The minimum Gasteiger partial charge on any atom is -0.550 e. The zero-order valence-corrected chi connectivity index (χ0v) is 17.1. The second-order valence-electron chi connectivity index (χ2n) is 8.00. The van der Waals surface area contributed by atoms with Gasteiger partial charge < -0.3 is 29.3 Å². The Bertz CT molecular complexity index is 349. The van der Waals surface area contributed by atoms with Crippen molar-refractivity contribution in [2.75, 3.05) is 40.4 Å². The Balaban J connectivity index is 4.18. The van der Waals surface area contributed by atoms with E-state index in [2.05, 4.69) is 6.92 Å². The Labute approximate surface area is 159 Å². The number of rotatable bonds is 18. The number of aliphatic hydroxyl groups is 2. The van der Waals surface area contributed by atoms with E-state index in [0.29, 0.717) is 11.0 Å². The van der Waals surface area contributed by atoms with Crippen LogP contribution in [0.1, 0.15) is 71.1 Å². The number of hydrogen-bond acceptors (Lipinski definition) is 5. The molecule has 0 aromatic carbocycles. The molecular weight excluding hydrogens is 334 g/mol. The molecule has 26 heavy (non-hydrogen) atoms. The molecule has 2 N–H and O–H groups in total. The van der Waals surface area contributed by atoms with Crippen molar-refractivity contribution in [2.45, 2.75) is 83.3 Å². The summed E-state index contributed by atoms with van der Waals surface area (Å²) in [5.74, 6) is -1.00. The highest BCUT2D eigenvalue weighted by molar-refractivity contribution is 5.64. The summed E-state index contributed by atoms with van der Waals surface area (Å²) in [6.07, 6.45) is 9.55. The standard InChI is InChI=1S/C20H41NO5/c1-4-5-6-7-8-9-11-19(26-17-18(23)16-22)12-10-14-21(2,3)15-13-20(24)25/h18-19,22-23H,4-17H2,1-3H3. The predicted octanol–water partition coefficient (Wildman–Crippen LogP) is 1.47. The molecule has 6 nitrogen and oxygen atoms in total. The molecule has 0 aliphatic rings. The third-order valence-corrected chi connectivity index (χ3v) is 4.83. The molecule has 0 bridgehead atoms. The Morgan fingerprint density at radius 1 is 1.04 bits per heavy atom. The van der Waals surface area contributed by atoms with Gasteiger partial charge in [0, 0.05) is 12.4 Å². The Morgan fingerprint density at radius 2 is 1.65 bits per heavy atom. The molecule has 0 aromatic heterocycles. The molecule has 0 aliphatic carbocycles. The van der Waals surface area contributed by atoms with Gasteiger partial charge in [-0.05, 0) is 19.3 Å². The smallest absolute Gasteiger partial charge is 0.100 e. The van der Waals surface area contributed by atoms with Crippen LogP contribution in [0, 0.1) is 0 Å². The largest absolute Gasteiger partial charge is 0.550 e. The van der Waals surface area contributed by atoms with Crippen LogP contribution >= 0.6 is 0 Å². The van der Waals surface area contributed by atoms with E-state index in [1.807, 2.05) is 14.1 Å². The first kappa shape index (κ1) is 25.3. The van der Waals surface area contributed by atoms with Crippen molar-refractivity contribution < 1.29 is 29.3 Å². The minimum atomic E-state index is -1.00. The van der Waals surface area contributed by atoms with Gasteiger partial charge in [-0.1, -0.05) is 45.4 Å². The molecule has 2 unspecified atom stereocenters. The minimum absolute atomic E-state index is 0.0768. The van der Waals surface area contributed by atoms with E-state index in [1.54, 1.807) is 0 Å². The molecule has 0 heterocycles. The lowest BCUT2D eigenvalue weighted by molar-refractivity contribution is -0.890. The fourth-order valence-electron chi connectivity index (χ4n) is 3.02. The van der Waals surface area contributed by atoms with E-state index in [1.165, 1.54) is 32.1 Å². The van der Waals surface area contributed by atoms with Crippen LogP contribution in [-0.2, 0) is 9.53 Å². The maximum absolute atomic E-state index is 10.6. The maximum atomic E-state index is 10.6. The fourth-order valence-corrected chi connectivity index (χ4v) is 3.02. The molecule has 0 aromatic rings. The Kier molecular flexibility index (Phi) is 15.0. The van der Waals surface area contributed by atoms with Crippen LogP contribution in [0.2, 0.25) is 0 Å². The molecule has 0 saturated carbocycles. The summed E-state index contributed by atoms with van der Waals surface area (Å²) in [5.41, 5.74) is 0. The normalized spacial score (nSPS) is 14.3. The van der Waals surface area contributed by atoms with E-state index in [4.69, 9.17) is 9.84 Å². The molecular formula is C20H41NO5. The van der Waals surface area contributed by atoms with Crippen molar-refractivity contribution in [2.24, 2.45) is 0 Å². The lowest BCUT2D eigenvalue weighted by Crippen LogP contribution is -2.43. The maximum Gasteiger partial charge on any atom is 0.100 e. The van der Waals surface area contributed by atoms with Crippen LogP contribution < -0.4 is 5.11 Å². The molecule has 0 aliphatic heterocycles. The van der Waals surface area contributed by atoms with E-state index in [-0.39, 0.29) is 25.7 Å². The summed E-state index contributed by atoms with van der Waals surface area (Å²) in [4.78, 5) is 10.6. The second-order valence-corrected chi connectivity index (χ2v) is 8.00. The highest BCUT2D eigenvalue weighted by Crippen LogP contribution is 2.16. The fraction of sp³-hybridized carbons (Fsp3) is 0.950. The molecule has 6 heteroatoms. The van der Waals surface area contributed by atoms with Gasteiger partial charge in [-0.15, -0.1) is 0 Å². The zero-order chi connectivity index (χ0) is 19.8. The number of aliphatic hydroxyl groups excluding tert-OH is 2. The van der Waals surface area contributed by atoms with Gasteiger partial charge >= 0.3 is 0 Å². The van der Waals surface area contributed by atoms with Crippen molar-refractivity contribution in [1.82, 2.24) is 0 Å². The van der Waals surface area contributed by atoms with Crippen LogP contribution in [-0.4, -0.2) is 73.3 Å². The first-order valence-electron chi connectivity index (χ1n) is 10.2. The quantitative estimate of drug-likeness (QED) is 0.280. The molecule has 156 valence electrons. The van der Waals surface area contributed by atoms with Crippen LogP contribution in [0.15, 0.2) is 0 Å². The summed E-state index contributed by atoms with van der Waals surface area (Å²) in [7, 11) is 4.06. The highest BCUT2D eigenvalue weighted by atomic mass is 16.5. The topological polar surface area (TPSA) is 89.8 Å². The number of nitrogens with zero attached hydrogens (tertiary/aromatic N) is 1. The van der Waals surface area contributed by atoms with Gasteiger partial charge in [-0.2, -0.15) is 0 Å². The van der Waals surface area contributed by atoms with Gasteiger partial charge in [0.2, 0.25) is 0 Å². The number of carboxylic acid groups (broad SMARTS) is 1. The van der Waals surface area contributed by atoms with Crippen LogP contribution in [0.4, 0.5) is 0 Å². The van der Waals surface area contributed by atoms with E-state index < -0.39 is 12.1 Å². The summed E-state index contributed by atoms with van der Waals surface area (Å²) in [6.45, 7) is 3.54. The van der Waals surface area contributed by atoms with E-state index in [9.17, 15) is 15.0 Å². The third kappa shape index (κ3) is 15.6. The van der Waals surface area contributed by atoms with Gasteiger partial charge in [0.05, 0.1) is 46.5 Å². The van der Waals surface area contributed by atoms with Crippen LogP contribution in [0.25, 0.3) is 0 Å². The highest BCUT2D eigenvalue weighted by Gasteiger charge is 2.17. The number of hydrogen-bond donors (Lipinski definition) is 2. The summed E-state index contributed by atoms with van der Waals surface area (Å²) in [6, 6.07) is 0. The molecule has 0 spiro atoms. The number of aliphatic carboxylic acids is 1. The first-order chi connectivity index (χ1) is 12.3. The van der Waals surface area contributed by atoms with Gasteiger partial charge in [-0.3, -0.25) is 0 Å². The number of ether oxygens (including phenoxy) is 1. The molecule has 0 saturated heterocycles. The molecule has 0 radical (unpaired) electrons. The monoisotopic (exact) mass is 375 g/mol. The number of quaternary nitrogens is 1. The number of carboxylic acids is 1. The van der Waals surface area contributed by atoms with Crippen molar-refractivity contribution in [1.29, 1.82) is 0 Å². The number of carbonyl (C=O) groups is 1. The van der Waals surface area contributed by atoms with Crippen LogP contribution in [0.5, 0.6) is 0 Å². The number of carbonyl (C=O) groups excluding carboxylic acids is 1. The summed E-state index contributed by atoms with van der Waals surface area (Å²) >= 11 is 0. The Hall–Kier alpha value is -0.690. The molecule has 0 fully saturated rings. The first-order valence-corrected chi connectivity index (χ1v) is 10.2. The van der Waals surface area contributed by atoms with Crippen LogP contribution in [0.3, 0.4) is 0 Å². The average Bonchev–Trinajstić information content (AvgIpc) is 2.59. The lowest BCUT2D eigenvalue weighted by Gasteiger charge is -2.30. The molecule has 0 rings (SSSR count). The van der Waals surface area contributed by atoms with Crippen molar-refractivity contribution >= 4 is 5.97 Å². The van der Waals surface area contributed by atoms with Crippen molar-refractivity contribution in [3.8, 4) is 0 Å².